The highest BCUT2D eigenvalue weighted by Gasteiger charge is 2.58. The molecule has 1 aromatic carbocycles. The summed E-state index contributed by atoms with van der Waals surface area (Å²) in [6, 6.07) is 5.83. The Balaban J connectivity index is 1.80. The van der Waals surface area contributed by atoms with Crippen molar-refractivity contribution in [2.45, 2.75) is 32.0 Å². The second-order valence-corrected chi connectivity index (χ2v) is 7.24. The first-order valence-electron chi connectivity index (χ1n) is 9.08. The number of fused-ring (bicyclic) bond motifs is 2. The van der Waals surface area contributed by atoms with Crippen LogP contribution in [0.1, 0.15) is 31.4 Å². The number of carbonyl (C=O) groups excluding carboxylic acids is 1. The average Bonchev–Trinajstić information content (AvgIpc) is 3.25. The van der Waals surface area contributed by atoms with Crippen LogP contribution in [0.5, 0.6) is 11.5 Å². The van der Waals surface area contributed by atoms with Gasteiger partial charge in [0, 0.05) is 18.4 Å². The van der Waals surface area contributed by atoms with Crippen molar-refractivity contribution >= 4 is 5.78 Å². The van der Waals surface area contributed by atoms with E-state index in [0.29, 0.717) is 24.4 Å². The number of ketones is 1. The molecule has 0 bridgehead atoms. The third-order valence-corrected chi connectivity index (χ3v) is 6.02. The van der Waals surface area contributed by atoms with E-state index in [1.807, 2.05) is 24.3 Å². The number of methoxy groups -OCH3 is 2. The predicted molar refractivity (Wildman–Crippen MR) is 97.3 cm³/mol. The molecule has 1 aliphatic carbocycles. The predicted octanol–water partition coefficient (Wildman–Crippen LogP) is 3.53. The van der Waals surface area contributed by atoms with Crippen molar-refractivity contribution in [1.82, 2.24) is 0 Å². The van der Waals surface area contributed by atoms with E-state index in [4.69, 9.17) is 23.7 Å². The summed E-state index contributed by atoms with van der Waals surface area (Å²) in [6.07, 6.45) is 2.30. The molecule has 2 heterocycles. The molecule has 0 unspecified atom stereocenters. The van der Waals surface area contributed by atoms with Crippen molar-refractivity contribution < 1.29 is 28.5 Å². The van der Waals surface area contributed by atoms with E-state index in [2.05, 4.69) is 13.5 Å². The molecular formula is C21H24O6. The fourth-order valence-electron chi connectivity index (χ4n) is 4.53. The standard InChI is InChI=1S/C21H24O6/c1-5-8-21-10-16(23-3)17(22)19(24-4)20(21)27-18(12(21)2)13-6-7-14-15(9-13)26-11-25-14/h5-7,9,12,16,18H,1,8,10-11H2,2-4H3/t12-,16-,18+,21-/m1/s1. The van der Waals surface area contributed by atoms with Crippen LogP contribution in [0.4, 0.5) is 0 Å². The van der Waals surface area contributed by atoms with Crippen molar-refractivity contribution in [2.75, 3.05) is 21.0 Å². The van der Waals surface area contributed by atoms with Gasteiger partial charge in [-0.2, -0.15) is 0 Å². The molecule has 144 valence electrons. The molecule has 6 heteroatoms. The zero-order chi connectivity index (χ0) is 19.2. The lowest BCUT2D eigenvalue weighted by Gasteiger charge is -2.38. The summed E-state index contributed by atoms with van der Waals surface area (Å²) in [5.74, 6) is 2.22. The fourth-order valence-corrected chi connectivity index (χ4v) is 4.53. The lowest BCUT2D eigenvalue weighted by Crippen LogP contribution is -2.42. The Labute approximate surface area is 158 Å². The van der Waals surface area contributed by atoms with Gasteiger partial charge in [-0.1, -0.05) is 19.1 Å². The number of allylic oxidation sites excluding steroid dienone is 2. The number of carbonyl (C=O) groups is 1. The van der Waals surface area contributed by atoms with Crippen LogP contribution in [0.15, 0.2) is 42.4 Å². The van der Waals surface area contributed by atoms with E-state index in [1.165, 1.54) is 7.11 Å². The molecule has 0 spiro atoms. The molecular weight excluding hydrogens is 348 g/mol. The molecule has 4 atom stereocenters. The zero-order valence-electron chi connectivity index (χ0n) is 15.8. The van der Waals surface area contributed by atoms with Crippen LogP contribution >= 0.6 is 0 Å². The van der Waals surface area contributed by atoms with Crippen molar-refractivity contribution in [1.29, 1.82) is 0 Å². The topological polar surface area (TPSA) is 63.2 Å². The average molecular weight is 372 g/mol. The Morgan fingerprint density at radius 2 is 2.07 bits per heavy atom. The molecule has 0 N–H and O–H groups in total. The Bertz CT molecular complexity index is 813. The minimum absolute atomic E-state index is 0.0850. The van der Waals surface area contributed by atoms with Crippen LogP contribution < -0.4 is 9.47 Å². The Hall–Kier alpha value is -2.47. The number of benzene rings is 1. The first-order chi connectivity index (χ1) is 13.1. The van der Waals surface area contributed by atoms with Crippen LogP contribution in [0.25, 0.3) is 0 Å². The zero-order valence-corrected chi connectivity index (χ0v) is 15.8. The van der Waals surface area contributed by atoms with Gasteiger partial charge < -0.3 is 23.7 Å². The molecule has 1 aromatic rings. The van der Waals surface area contributed by atoms with Gasteiger partial charge >= 0.3 is 0 Å². The van der Waals surface area contributed by atoms with Gasteiger partial charge in [0.2, 0.25) is 18.3 Å². The summed E-state index contributed by atoms with van der Waals surface area (Å²) in [5, 5.41) is 0. The van der Waals surface area contributed by atoms with Gasteiger partial charge in [-0.15, -0.1) is 6.58 Å². The summed E-state index contributed by atoms with van der Waals surface area (Å²) in [4.78, 5) is 12.7. The minimum atomic E-state index is -0.551. The maximum absolute atomic E-state index is 12.7. The van der Waals surface area contributed by atoms with Gasteiger partial charge in [0.25, 0.3) is 0 Å². The Morgan fingerprint density at radius 1 is 1.30 bits per heavy atom. The first kappa shape index (κ1) is 17.9. The molecule has 6 nitrogen and oxygen atoms in total. The molecule has 0 amide bonds. The largest absolute Gasteiger partial charge is 0.490 e. The quantitative estimate of drug-likeness (QED) is 0.737. The summed E-state index contributed by atoms with van der Waals surface area (Å²) in [6.45, 7) is 6.29. The van der Waals surface area contributed by atoms with Gasteiger partial charge in [0.1, 0.15) is 18.0 Å². The highest BCUT2D eigenvalue weighted by atomic mass is 16.7. The molecule has 4 rings (SSSR count). The van der Waals surface area contributed by atoms with Crippen LogP contribution in [0.3, 0.4) is 0 Å². The lowest BCUT2D eigenvalue weighted by molar-refractivity contribution is -0.132. The molecule has 1 fully saturated rings. The second-order valence-electron chi connectivity index (χ2n) is 7.24. The molecule has 3 aliphatic rings. The molecule has 0 aromatic heterocycles. The molecule has 2 aliphatic heterocycles. The van der Waals surface area contributed by atoms with Crippen molar-refractivity contribution in [3.8, 4) is 11.5 Å². The maximum Gasteiger partial charge on any atom is 0.231 e. The number of hydrogen-bond acceptors (Lipinski definition) is 6. The van der Waals surface area contributed by atoms with Crippen LogP contribution in [0, 0.1) is 11.3 Å². The normalized spacial score (nSPS) is 31.5. The number of Topliss-reactive ketones (excluding diaryl/α,β-unsaturated/α-hetero) is 1. The van der Waals surface area contributed by atoms with E-state index in [-0.39, 0.29) is 30.4 Å². The van der Waals surface area contributed by atoms with E-state index >= 15 is 0 Å². The summed E-state index contributed by atoms with van der Waals surface area (Å²) >= 11 is 0. The molecule has 1 saturated heterocycles. The number of hydrogen-bond donors (Lipinski definition) is 0. The van der Waals surface area contributed by atoms with E-state index in [9.17, 15) is 4.79 Å². The second kappa shape index (κ2) is 6.60. The van der Waals surface area contributed by atoms with Gasteiger partial charge in [0.05, 0.1) is 7.11 Å². The lowest BCUT2D eigenvalue weighted by atomic mass is 9.65. The minimum Gasteiger partial charge on any atom is -0.490 e. The third-order valence-electron chi connectivity index (χ3n) is 6.02. The first-order valence-corrected chi connectivity index (χ1v) is 9.08. The fraction of sp³-hybridized carbons (Fsp3) is 0.476. The molecule has 0 radical (unpaired) electrons. The van der Waals surface area contributed by atoms with E-state index < -0.39 is 11.5 Å². The molecule has 0 saturated carbocycles. The van der Waals surface area contributed by atoms with Crippen LogP contribution in [-0.4, -0.2) is 32.9 Å². The van der Waals surface area contributed by atoms with E-state index in [1.54, 1.807) is 7.11 Å². The maximum atomic E-state index is 12.7. The molecule has 27 heavy (non-hydrogen) atoms. The number of ether oxygens (including phenoxy) is 5. The van der Waals surface area contributed by atoms with Crippen molar-refractivity contribution in [3.63, 3.8) is 0 Å². The van der Waals surface area contributed by atoms with Crippen LogP contribution in [-0.2, 0) is 19.0 Å². The monoisotopic (exact) mass is 372 g/mol. The van der Waals surface area contributed by atoms with Crippen LogP contribution in [0.2, 0.25) is 0 Å². The summed E-state index contributed by atoms with van der Waals surface area (Å²) in [7, 11) is 3.05. The summed E-state index contributed by atoms with van der Waals surface area (Å²) < 4.78 is 28.2. The van der Waals surface area contributed by atoms with Crippen molar-refractivity contribution in [2.24, 2.45) is 11.3 Å². The smallest absolute Gasteiger partial charge is 0.231 e. The number of rotatable bonds is 5. The third kappa shape index (κ3) is 2.54. The van der Waals surface area contributed by atoms with E-state index in [0.717, 1.165) is 11.3 Å². The van der Waals surface area contributed by atoms with Gasteiger partial charge in [-0.05, 0) is 30.5 Å². The Kier molecular flexibility index (Phi) is 4.38. The van der Waals surface area contributed by atoms with Crippen molar-refractivity contribution in [3.05, 3.63) is 47.9 Å². The Morgan fingerprint density at radius 3 is 2.78 bits per heavy atom. The SMILES string of the molecule is C=CC[C@]12C[C@@H](OC)C(=O)C(OC)=C1O[C@H](c1ccc3c(c1)OCO3)[C@H]2C. The highest BCUT2D eigenvalue weighted by molar-refractivity contribution is 5.99. The van der Waals surface area contributed by atoms with Gasteiger partial charge in [-0.3, -0.25) is 4.79 Å². The van der Waals surface area contributed by atoms with Gasteiger partial charge in [0.15, 0.2) is 11.5 Å². The highest BCUT2D eigenvalue weighted by Crippen LogP contribution is 2.60. The summed E-state index contributed by atoms with van der Waals surface area (Å²) in [5.41, 5.74) is 0.580. The van der Waals surface area contributed by atoms with Gasteiger partial charge in [-0.25, -0.2) is 0 Å².